The molecule has 1 heterocycles. The number of aromatic hydroxyl groups is 1. The maximum Gasteiger partial charge on any atom is 0.357 e. The van der Waals surface area contributed by atoms with Crippen LogP contribution in [-0.2, 0) is 45.2 Å². The van der Waals surface area contributed by atoms with Gasteiger partial charge < -0.3 is 34.3 Å². The first-order valence-corrected chi connectivity index (χ1v) is 13.9. The van der Waals surface area contributed by atoms with Crippen molar-refractivity contribution in [3.05, 3.63) is 71.0 Å². The molecule has 1 spiro atoms. The van der Waals surface area contributed by atoms with E-state index < -0.39 is 59.6 Å². The molecular weight excluding hydrogens is 548 g/mol. The van der Waals surface area contributed by atoms with E-state index in [1.54, 1.807) is 30.3 Å². The Bertz CT molecular complexity index is 1480. The number of esters is 3. The highest BCUT2D eigenvalue weighted by Crippen LogP contribution is 2.67. The van der Waals surface area contributed by atoms with Crippen LogP contribution in [0.1, 0.15) is 61.8 Å². The molecule has 220 valence electrons. The number of ether oxygens (including phenoxy) is 4. The number of carboxylic acids is 1. The summed E-state index contributed by atoms with van der Waals surface area (Å²) in [6.45, 7) is 1.02. The topological polar surface area (TPSA) is 166 Å². The van der Waals surface area contributed by atoms with Gasteiger partial charge in [-0.05, 0) is 49.3 Å². The van der Waals surface area contributed by atoms with Crippen molar-refractivity contribution in [2.24, 2.45) is 5.92 Å². The number of carbonyl (C=O) groups excluding carboxylic acids is 3. The van der Waals surface area contributed by atoms with Crippen LogP contribution in [0.2, 0.25) is 0 Å². The molecule has 11 heteroatoms. The van der Waals surface area contributed by atoms with Gasteiger partial charge in [0, 0.05) is 18.1 Å². The van der Waals surface area contributed by atoms with Crippen molar-refractivity contribution in [2.45, 2.75) is 74.8 Å². The third-order valence-electron chi connectivity index (χ3n) is 8.96. The molecule has 0 amide bonds. The van der Waals surface area contributed by atoms with E-state index in [1.165, 1.54) is 12.1 Å². The summed E-state index contributed by atoms with van der Waals surface area (Å²) in [7, 11) is 0. The molecule has 0 saturated heterocycles. The van der Waals surface area contributed by atoms with E-state index in [9.17, 15) is 34.5 Å². The van der Waals surface area contributed by atoms with Gasteiger partial charge in [-0.3, -0.25) is 9.59 Å². The summed E-state index contributed by atoms with van der Waals surface area (Å²) in [6, 6.07) is 11.4. The summed E-state index contributed by atoms with van der Waals surface area (Å²) in [5.74, 6) is -4.25. The van der Waals surface area contributed by atoms with Gasteiger partial charge in [-0.2, -0.15) is 0 Å². The predicted molar refractivity (Wildman–Crippen MR) is 142 cm³/mol. The van der Waals surface area contributed by atoms with Gasteiger partial charge in [-0.1, -0.05) is 42.8 Å². The molecule has 1 fully saturated rings. The molecule has 4 aliphatic rings. The molecule has 1 saturated carbocycles. The second-order valence-electron chi connectivity index (χ2n) is 11.3. The lowest BCUT2D eigenvalue weighted by Gasteiger charge is -2.59. The quantitative estimate of drug-likeness (QED) is 0.311. The van der Waals surface area contributed by atoms with E-state index >= 15 is 0 Å². The van der Waals surface area contributed by atoms with Gasteiger partial charge in [-0.25, -0.2) is 9.59 Å². The Balaban J connectivity index is 1.33. The van der Waals surface area contributed by atoms with E-state index in [0.29, 0.717) is 12.8 Å². The van der Waals surface area contributed by atoms with Crippen LogP contribution in [-0.4, -0.2) is 57.0 Å². The fraction of sp³-hybridized carbons (Fsp3) is 0.419. The van der Waals surface area contributed by atoms with E-state index in [2.05, 4.69) is 0 Å². The number of carboxylic acid groups (broad SMARTS) is 1. The number of hydrogen-bond donors (Lipinski definition) is 3. The van der Waals surface area contributed by atoms with Crippen LogP contribution in [0.4, 0.5) is 0 Å². The van der Waals surface area contributed by atoms with Gasteiger partial charge >= 0.3 is 23.9 Å². The van der Waals surface area contributed by atoms with E-state index in [1.807, 2.05) is 6.07 Å². The average Bonchev–Trinajstić information content (AvgIpc) is 3.29. The first-order valence-electron chi connectivity index (χ1n) is 13.9. The molecule has 2 aromatic rings. The van der Waals surface area contributed by atoms with Gasteiger partial charge in [0.15, 0.2) is 17.6 Å². The Labute approximate surface area is 240 Å². The minimum atomic E-state index is -1.78. The average molecular weight is 579 g/mol. The second kappa shape index (κ2) is 10.2. The van der Waals surface area contributed by atoms with Gasteiger partial charge in [0.2, 0.25) is 12.2 Å². The Morgan fingerprint density at radius 3 is 2.55 bits per heavy atom. The van der Waals surface area contributed by atoms with Crippen LogP contribution in [0.3, 0.4) is 0 Å². The largest absolute Gasteiger partial charge is 0.504 e. The molecule has 0 unspecified atom stereocenters. The Hall–Kier alpha value is -4.38. The number of hydrogen-bond acceptors (Lipinski definition) is 10. The van der Waals surface area contributed by atoms with Crippen LogP contribution in [0.15, 0.2) is 54.3 Å². The lowest BCUT2D eigenvalue weighted by molar-refractivity contribution is -0.181. The first kappa shape index (κ1) is 27.8. The zero-order valence-corrected chi connectivity index (χ0v) is 22.8. The molecule has 2 aromatic carbocycles. The number of phenolic OH excluding ortho intramolecular Hbond substituents is 1. The third-order valence-corrected chi connectivity index (χ3v) is 8.96. The maximum atomic E-state index is 13.7. The molecule has 3 aliphatic carbocycles. The van der Waals surface area contributed by atoms with Crippen LogP contribution in [0, 0.1) is 5.92 Å². The minimum Gasteiger partial charge on any atom is -0.504 e. The monoisotopic (exact) mass is 578 g/mol. The highest BCUT2D eigenvalue weighted by Gasteiger charge is 2.71. The number of aliphatic hydroxyl groups is 1. The Morgan fingerprint density at radius 2 is 1.83 bits per heavy atom. The van der Waals surface area contributed by atoms with Crippen molar-refractivity contribution in [3.8, 4) is 11.5 Å². The SMILES string of the molecule is CC(=O)O[C@@H](CC(=O)O)C(=O)O[C@H](C(=O)OC1=CC[C@]2(O)[C@H]3CCC[C@]24c2c(ccc(O)c2O[C@H]14)C3)c1ccccc1. The minimum absolute atomic E-state index is 0.0423. The lowest BCUT2D eigenvalue weighted by atomic mass is 9.47. The van der Waals surface area contributed by atoms with E-state index in [-0.39, 0.29) is 35.2 Å². The summed E-state index contributed by atoms with van der Waals surface area (Å²) in [5, 5.41) is 32.1. The summed E-state index contributed by atoms with van der Waals surface area (Å²) in [6.07, 6.45) is -0.545. The number of phenols is 1. The van der Waals surface area contributed by atoms with Gasteiger partial charge in [0.1, 0.15) is 5.76 Å². The third kappa shape index (κ3) is 4.22. The molecule has 0 radical (unpaired) electrons. The van der Waals surface area contributed by atoms with Gasteiger partial charge in [0.25, 0.3) is 0 Å². The van der Waals surface area contributed by atoms with E-state index in [0.717, 1.165) is 30.9 Å². The van der Waals surface area contributed by atoms with Crippen molar-refractivity contribution in [1.29, 1.82) is 0 Å². The molecule has 3 N–H and O–H groups in total. The normalized spacial score (nSPS) is 27.8. The van der Waals surface area contributed by atoms with Crippen LogP contribution < -0.4 is 4.74 Å². The molecule has 6 rings (SSSR count). The first-order chi connectivity index (χ1) is 20.0. The number of rotatable bonds is 8. The van der Waals surface area contributed by atoms with Crippen molar-refractivity contribution in [1.82, 2.24) is 0 Å². The fourth-order valence-electron chi connectivity index (χ4n) is 7.31. The van der Waals surface area contributed by atoms with Crippen molar-refractivity contribution >= 4 is 23.9 Å². The van der Waals surface area contributed by atoms with Gasteiger partial charge in [0.05, 0.1) is 17.4 Å². The summed E-state index contributed by atoms with van der Waals surface area (Å²) in [5.41, 5.74) is -0.139. The summed E-state index contributed by atoms with van der Waals surface area (Å²) < 4.78 is 22.5. The van der Waals surface area contributed by atoms with Crippen LogP contribution in [0.25, 0.3) is 0 Å². The fourth-order valence-corrected chi connectivity index (χ4v) is 7.31. The molecule has 42 heavy (non-hydrogen) atoms. The highest BCUT2D eigenvalue weighted by molar-refractivity contribution is 5.87. The lowest BCUT2D eigenvalue weighted by Crippen LogP contribution is -2.67. The van der Waals surface area contributed by atoms with Crippen molar-refractivity contribution in [2.75, 3.05) is 0 Å². The zero-order chi connectivity index (χ0) is 29.8. The zero-order valence-electron chi connectivity index (χ0n) is 22.8. The number of carbonyl (C=O) groups is 4. The standard InChI is InChI=1S/C31H30O11/c1-16(32)39-22(15-23(34)35)28(36)42-25(17-6-3-2-4-7-17)29(37)40-21-11-13-31(38)19-8-5-12-30(31)24-18(14-19)9-10-20(33)26(24)41-27(21)30/h2-4,6-7,9-11,19,22,25,27,33,38H,5,8,12-15H2,1H3,(H,34,35)/t19-,22-,25-,27+,30+,31-/m0/s1. The molecular formula is C31H30O11. The van der Waals surface area contributed by atoms with Gasteiger partial charge in [-0.15, -0.1) is 0 Å². The molecule has 1 aliphatic heterocycles. The summed E-state index contributed by atoms with van der Waals surface area (Å²) >= 11 is 0. The van der Waals surface area contributed by atoms with Crippen LogP contribution in [0.5, 0.6) is 11.5 Å². The maximum absolute atomic E-state index is 13.7. The predicted octanol–water partition coefficient (Wildman–Crippen LogP) is 3.00. The second-order valence-corrected chi connectivity index (χ2v) is 11.3. The van der Waals surface area contributed by atoms with Crippen LogP contribution >= 0.6 is 0 Å². The van der Waals surface area contributed by atoms with Crippen molar-refractivity contribution < 1.29 is 53.4 Å². The summed E-state index contributed by atoms with van der Waals surface area (Å²) in [4.78, 5) is 49.5. The molecule has 6 atom stereocenters. The molecule has 11 nitrogen and oxygen atoms in total. The Morgan fingerprint density at radius 1 is 1.07 bits per heavy atom. The Kier molecular flexibility index (Phi) is 6.72. The number of benzene rings is 2. The van der Waals surface area contributed by atoms with E-state index in [4.69, 9.17) is 18.9 Å². The molecule has 2 bridgehead atoms. The molecule has 0 aromatic heterocycles. The smallest absolute Gasteiger partial charge is 0.357 e. The number of aliphatic carboxylic acids is 1. The highest BCUT2D eigenvalue weighted by atomic mass is 16.6. The van der Waals surface area contributed by atoms with Crippen molar-refractivity contribution in [3.63, 3.8) is 0 Å².